The fourth-order valence-corrected chi connectivity index (χ4v) is 6.04. The zero-order valence-corrected chi connectivity index (χ0v) is 24.0. The number of nitrogens with one attached hydrogen (secondary N) is 2. The second-order valence-corrected chi connectivity index (χ2v) is 11.2. The van der Waals surface area contributed by atoms with Crippen molar-refractivity contribution >= 4 is 45.8 Å². The van der Waals surface area contributed by atoms with Crippen LogP contribution in [0, 0.1) is 12.1 Å². The van der Waals surface area contributed by atoms with Crippen molar-refractivity contribution in [3.63, 3.8) is 0 Å². The summed E-state index contributed by atoms with van der Waals surface area (Å²) < 4.78 is 0. The second kappa shape index (κ2) is 12.0. The van der Waals surface area contributed by atoms with Gasteiger partial charge in [-0.3, -0.25) is 0 Å². The SMILES string of the molecule is CN1CCN(C)c2cc(CNc3nc(NCc4ccccc4Sc4ccccc4CO)nc4ccc#cc34)ccc21. The monoisotopic (exact) mass is 560 g/mol. The van der Waals surface area contributed by atoms with Gasteiger partial charge in [0.25, 0.3) is 0 Å². The molecule has 4 aromatic carbocycles. The topological polar surface area (TPSA) is 76.5 Å². The smallest absolute Gasteiger partial charge is 0.225 e. The summed E-state index contributed by atoms with van der Waals surface area (Å²) in [6.07, 6.45) is 0. The van der Waals surface area contributed by atoms with Crippen LogP contribution in [0.1, 0.15) is 16.7 Å². The average Bonchev–Trinajstić information content (AvgIpc) is 3.01. The van der Waals surface area contributed by atoms with Gasteiger partial charge in [0, 0.05) is 50.1 Å². The zero-order valence-electron chi connectivity index (χ0n) is 23.2. The van der Waals surface area contributed by atoms with Crippen molar-refractivity contribution < 1.29 is 5.11 Å². The maximum absolute atomic E-state index is 9.76. The van der Waals surface area contributed by atoms with Crippen LogP contribution in [0.2, 0.25) is 0 Å². The molecule has 206 valence electrons. The molecule has 0 aliphatic carbocycles. The van der Waals surface area contributed by atoms with Gasteiger partial charge >= 0.3 is 0 Å². The van der Waals surface area contributed by atoms with Gasteiger partial charge in [-0.15, -0.1) is 0 Å². The maximum Gasteiger partial charge on any atom is 0.225 e. The van der Waals surface area contributed by atoms with Gasteiger partial charge in [0.1, 0.15) is 5.82 Å². The highest BCUT2D eigenvalue weighted by atomic mass is 32.2. The van der Waals surface area contributed by atoms with Crippen LogP contribution in [0.3, 0.4) is 0 Å². The third kappa shape index (κ3) is 5.87. The largest absolute Gasteiger partial charge is 0.392 e. The number of likely N-dealkylation sites (N-methyl/N-ethyl adjacent to an activating group) is 2. The lowest BCUT2D eigenvalue weighted by atomic mass is 10.1. The van der Waals surface area contributed by atoms with Crippen LogP contribution >= 0.6 is 11.8 Å². The van der Waals surface area contributed by atoms with E-state index >= 15 is 0 Å². The van der Waals surface area contributed by atoms with Crippen molar-refractivity contribution in [3.8, 4) is 0 Å². The normalized spacial score (nSPS) is 12.7. The standard InChI is InChI=1S/C33H32N6OS/c1-38-17-18-39(2)29-19-23(15-16-28(29)38)20-34-32-26-11-5-6-12-27(26)36-33(37-32)35-21-24-9-3-7-13-30(24)41-31-14-8-4-10-25(31)22-40/h3-4,6-10,12-16,19,40H,17-18,20-22H2,1-2H3,(H2,34,35,36,37). The first kappa shape index (κ1) is 26.8. The van der Waals surface area contributed by atoms with Crippen molar-refractivity contribution in [2.75, 3.05) is 47.6 Å². The molecule has 0 radical (unpaired) electrons. The summed E-state index contributed by atoms with van der Waals surface area (Å²) in [7, 11) is 4.29. The zero-order chi connectivity index (χ0) is 28.2. The Morgan fingerprint density at radius 3 is 2.37 bits per heavy atom. The van der Waals surface area contributed by atoms with E-state index in [0.717, 1.165) is 50.7 Å². The Bertz CT molecular complexity index is 1680. The molecule has 1 aliphatic heterocycles. The lowest BCUT2D eigenvalue weighted by molar-refractivity contribution is 0.279. The molecular formula is C33H32N6OS. The van der Waals surface area contributed by atoms with Gasteiger partial charge < -0.3 is 25.5 Å². The van der Waals surface area contributed by atoms with Gasteiger partial charge in [-0.25, -0.2) is 4.98 Å². The Hall–Kier alpha value is -4.45. The second-order valence-electron chi connectivity index (χ2n) is 10.1. The number of benzene rings is 3. The summed E-state index contributed by atoms with van der Waals surface area (Å²) in [4.78, 5) is 16.4. The molecule has 5 aromatic rings. The number of aliphatic hydroxyl groups excluding tert-OH is 1. The number of nitrogens with zero attached hydrogens (tertiary/aromatic N) is 4. The van der Waals surface area contributed by atoms with Gasteiger partial charge in [-0.1, -0.05) is 66.4 Å². The Balaban J connectivity index is 1.22. The first-order chi connectivity index (χ1) is 20.1. The van der Waals surface area contributed by atoms with Crippen LogP contribution in [-0.4, -0.2) is 42.3 Å². The van der Waals surface area contributed by atoms with Crippen LogP contribution in [0.15, 0.2) is 88.7 Å². The molecule has 41 heavy (non-hydrogen) atoms. The van der Waals surface area contributed by atoms with E-state index in [1.807, 2.05) is 48.5 Å². The molecule has 2 heterocycles. The third-order valence-corrected chi connectivity index (χ3v) is 8.56. The van der Waals surface area contributed by atoms with E-state index in [2.05, 4.69) is 77.0 Å². The molecule has 0 saturated heterocycles. The Morgan fingerprint density at radius 2 is 1.56 bits per heavy atom. The number of aromatic nitrogens is 2. The molecule has 0 saturated carbocycles. The summed E-state index contributed by atoms with van der Waals surface area (Å²) in [6, 6.07) is 32.8. The number of rotatable bonds is 9. The molecule has 6 rings (SSSR count). The van der Waals surface area contributed by atoms with Crippen LogP contribution < -0.4 is 20.4 Å². The molecule has 0 atom stereocenters. The fourth-order valence-electron chi connectivity index (χ4n) is 4.97. The molecular weight excluding hydrogens is 528 g/mol. The molecule has 8 heteroatoms. The number of hydrogen-bond acceptors (Lipinski definition) is 8. The van der Waals surface area contributed by atoms with Crippen molar-refractivity contribution in [2.45, 2.75) is 29.5 Å². The summed E-state index contributed by atoms with van der Waals surface area (Å²) in [5.74, 6) is 1.26. The first-order valence-electron chi connectivity index (χ1n) is 13.7. The first-order valence-corrected chi connectivity index (χ1v) is 14.5. The Kier molecular flexibility index (Phi) is 7.81. The Morgan fingerprint density at radius 1 is 0.829 bits per heavy atom. The number of anilines is 4. The van der Waals surface area contributed by atoms with Gasteiger partial charge in [0.05, 0.1) is 28.9 Å². The highest BCUT2D eigenvalue weighted by Crippen LogP contribution is 2.34. The van der Waals surface area contributed by atoms with Crippen LogP contribution in [0.4, 0.5) is 23.1 Å². The van der Waals surface area contributed by atoms with E-state index in [0.29, 0.717) is 19.0 Å². The predicted octanol–water partition coefficient (Wildman–Crippen LogP) is 5.98. The lowest BCUT2D eigenvalue weighted by Gasteiger charge is -2.35. The van der Waals surface area contributed by atoms with Gasteiger partial charge in [-0.2, -0.15) is 4.98 Å². The highest BCUT2D eigenvalue weighted by molar-refractivity contribution is 7.99. The van der Waals surface area contributed by atoms with Crippen molar-refractivity contribution in [1.29, 1.82) is 0 Å². The van der Waals surface area contributed by atoms with E-state index in [1.54, 1.807) is 11.8 Å². The molecule has 7 nitrogen and oxygen atoms in total. The minimum absolute atomic E-state index is 0.0119. The maximum atomic E-state index is 9.76. The van der Waals surface area contributed by atoms with Gasteiger partial charge in [0.2, 0.25) is 5.95 Å². The lowest BCUT2D eigenvalue weighted by Crippen LogP contribution is -2.36. The van der Waals surface area contributed by atoms with E-state index in [9.17, 15) is 5.11 Å². The summed E-state index contributed by atoms with van der Waals surface area (Å²) in [6.45, 7) is 3.23. The third-order valence-electron chi connectivity index (χ3n) is 7.32. The summed E-state index contributed by atoms with van der Waals surface area (Å²) in [5, 5.41) is 17.5. The molecule has 0 unspecified atom stereocenters. The molecule has 3 N–H and O–H groups in total. The van der Waals surface area contributed by atoms with Crippen molar-refractivity contribution in [3.05, 3.63) is 108 Å². The van der Waals surface area contributed by atoms with Crippen molar-refractivity contribution in [2.24, 2.45) is 0 Å². The van der Waals surface area contributed by atoms with Crippen molar-refractivity contribution in [1.82, 2.24) is 9.97 Å². The molecule has 1 aliphatic rings. The average molecular weight is 561 g/mol. The summed E-state index contributed by atoms with van der Waals surface area (Å²) in [5.41, 5.74) is 6.52. The predicted molar refractivity (Wildman–Crippen MR) is 168 cm³/mol. The summed E-state index contributed by atoms with van der Waals surface area (Å²) >= 11 is 1.65. The molecule has 0 amide bonds. The van der Waals surface area contributed by atoms with Crippen LogP contribution in [-0.2, 0) is 19.7 Å². The van der Waals surface area contributed by atoms with E-state index in [4.69, 9.17) is 9.97 Å². The van der Waals surface area contributed by atoms with E-state index in [1.165, 1.54) is 16.9 Å². The Labute approximate surface area is 245 Å². The number of fused-ring (bicyclic) bond motifs is 2. The molecule has 0 spiro atoms. The minimum atomic E-state index is 0.0119. The van der Waals surface area contributed by atoms with Crippen LogP contribution in [0.5, 0.6) is 0 Å². The highest BCUT2D eigenvalue weighted by Gasteiger charge is 2.18. The molecule has 1 aromatic heterocycles. The van der Waals surface area contributed by atoms with Crippen LogP contribution in [0.25, 0.3) is 10.9 Å². The van der Waals surface area contributed by atoms with Gasteiger partial charge in [0.15, 0.2) is 0 Å². The quantitative estimate of drug-likeness (QED) is 0.203. The van der Waals surface area contributed by atoms with E-state index < -0.39 is 0 Å². The number of hydrogen-bond donors (Lipinski definition) is 3. The minimum Gasteiger partial charge on any atom is -0.392 e. The number of aliphatic hydroxyl groups is 1. The molecule has 0 bridgehead atoms. The van der Waals surface area contributed by atoms with E-state index in [-0.39, 0.29) is 6.61 Å². The fraction of sp³-hybridized carbons (Fsp3) is 0.212. The van der Waals surface area contributed by atoms with Gasteiger partial charge in [-0.05, 0) is 53.1 Å². The molecule has 0 fully saturated rings.